The molecule has 4 rings (SSSR count). The molecule has 0 aliphatic carbocycles. The molecule has 4 aromatic rings. The molecule has 0 aliphatic heterocycles. The molecule has 0 spiro atoms. The van der Waals surface area contributed by atoms with Crippen molar-refractivity contribution in [1.29, 1.82) is 0 Å². The standard InChI is InChI=1S/2C12H8Cl2O/c2*13-9-5-1-3-7-11(9)15-12-8-4-2-6-10(12)14/h2*1-8H. The molecular weight excluding hydrogens is 462 g/mol. The molecule has 0 atom stereocenters. The van der Waals surface area contributed by atoms with Gasteiger partial charge in [-0.1, -0.05) is 94.9 Å². The van der Waals surface area contributed by atoms with Gasteiger partial charge in [-0.05, 0) is 48.5 Å². The highest BCUT2D eigenvalue weighted by atomic mass is 35.5. The summed E-state index contributed by atoms with van der Waals surface area (Å²) in [4.78, 5) is 0. The zero-order valence-corrected chi connectivity index (χ0v) is 18.6. The van der Waals surface area contributed by atoms with Gasteiger partial charge < -0.3 is 9.47 Å². The van der Waals surface area contributed by atoms with Crippen molar-refractivity contribution in [1.82, 2.24) is 0 Å². The summed E-state index contributed by atoms with van der Waals surface area (Å²) in [7, 11) is 0. The summed E-state index contributed by atoms with van der Waals surface area (Å²) >= 11 is 23.8. The van der Waals surface area contributed by atoms with Crippen molar-refractivity contribution in [3.63, 3.8) is 0 Å². The Balaban J connectivity index is 0.000000171. The predicted molar refractivity (Wildman–Crippen MR) is 126 cm³/mol. The number of hydrogen-bond acceptors (Lipinski definition) is 2. The van der Waals surface area contributed by atoms with Crippen LogP contribution in [0.2, 0.25) is 20.1 Å². The van der Waals surface area contributed by atoms with Crippen LogP contribution in [0.15, 0.2) is 97.1 Å². The van der Waals surface area contributed by atoms with Crippen molar-refractivity contribution >= 4 is 46.4 Å². The van der Waals surface area contributed by atoms with Crippen LogP contribution in [0.1, 0.15) is 0 Å². The van der Waals surface area contributed by atoms with E-state index in [9.17, 15) is 0 Å². The van der Waals surface area contributed by atoms with E-state index in [1.54, 1.807) is 48.5 Å². The summed E-state index contributed by atoms with van der Waals surface area (Å²) < 4.78 is 11.2. The van der Waals surface area contributed by atoms with Crippen molar-refractivity contribution in [3.05, 3.63) is 117 Å². The van der Waals surface area contributed by atoms with Gasteiger partial charge in [-0.2, -0.15) is 0 Å². The van der Waals surface area contributed by atoms with E-state index >= 15 is 0 Å². The van der Waals surface area contributed by atoms with Gasteiger partial charge in [0.15, 0.2) is 0 Å². The van der Waals surface area contributed by atoms with E-state index in [0.29, 0.717) is 43.1 Å². The van der Waals surface area contributed by atoms with Gasteiger partial charge in [0, 0.05) is 0 Å². The van der Waals surface area contributed by atoms with Gasteiger partial charge in [0.25, 0.3) is 0 Å². The van der Waals surface area contributed by atoms with Gasteiger partial charge in [0.1, 0.15) is 23.0 Å². The Morgan fingerprint density at radius 2 is 0.533 bits per heavy atom. The lowest BCUT2D eigenvalue weighted by molar-refractivity contribution is 0.483. The van der Waals surface area contributed by atoms with Gasteiger partial charge >= 0.3 is 0 Å². The zero-order valence-electron chi connectivity index (χ0n) is 15.6. The molecule has 2 nitrogen and oxygen atoms in total. The summed E-state index contributed by atoms with van der Waals surface area (Å²) in [6.45, 7) is 0. The lowest BCUT2D eigenvalue weighted by Gasteiger charge is -2.08. The van der Waals surface area contributed by atoms with Crippen LogP contribution < -0.4 is 9.47 Å². The Hall–Kier alpha value is -2.36. The molecule has 0 aromatic heterocycles. The first-order valence-corrected chi connectivity index (χ1v) is 10.4. The summed E-state index contributed by atoms with van der Waals surface area (Å²) in [5.41, 5.74) is 0. The minimum atomic E-state index is 0.567. The molecule has 0 aliphatic rings. The van der Waals surface area contributed by atoms with Crippen LogP contribution in [0.25, 0.3) is 0 Å². The van der Waals surface area contributed by atoms with Crippen LogP contribution in [-0.4, -0.2) is 0 Å². The Labute approximate surface area is 195 Å². The van der Waals surface area contributed by atoms with Gasteiger partial charge in [-0.15, -0.1) is 0 Å². The molecule has 152 valence electrons. The lowest BCUT2D eigenvalue weighted by Crippen LogP contribution is -1.85. The van der Waals surface area contributed by atoms with Crippen LogP contribution >= 0.6 is 46.4 Å². The third kappa shape index (κ3) is 6.32. The molecule has 6 heteroatoms. The van der Waals surface area contributed by atoms with Crippen LogP contribution in [-0.2, 0) is 0 Å². The zero-order chi connectivity index (χ0) is 21.3. The maximum Gasteiger partial charge on any atom is 0.146 e. The average molecular weight is 478 g/mol. The molecule has 0 bridgehead atoms. The van der Waals surface area contributed by atoms with Crippen LogP contribution in [0.5, 0.6) is 23.0 Å². The normalized spacial score (nSPS) is 10.0. The summed E-state index contributed by atoms with van der Waals surface area (Å²) in [6, 6.07) is 29.1. The van der Waals surface area contributed by atoms with Crippen LogP contribution in [0.3, 0.4) is 0 Å². The molecule has 0 saturated carbocycles. The number of benzene rings is 4. The van der Waals surface area contributed by atoms with Crippen molar-refractivity contribution in [2.75, 3.05) is 0 Å². The lowest BCUT2D eigenvalue weighted by atomic mass is 10.3. The smallest absolute Gasteiger partial charge is 0.146 e. The topological polar surface area (TPSA) is 18.5 Å². The number of hydrogen-bond donors (Lipinski definition) is 0. The highest BCUT2D eigenvalue weighted by Gasteiger charge is 2.05. The number of halogens is 4. The first-order valence-electron chi connectivity index (χ1n) is 8.88. The third-order valence-corrected chi connectivity index (χ3v) is 5.04. The van der Waals surface area contributed by atoms with Gasteiger partial charge in [-0.25, -0.2) is 0 Å². The van der Waals surface area contributed by atoms with Crippen LogP contribution in [0, 0.1) is 0 Å². The molecule has 0 saturated heterocycles. The molecular formula is C24H16Cl4O2. The van der Waals surface area contributed by atoms with Crippen molar-refractivity contribution in [2.45, 2.75) is 0 Å². The van der Waals surface area contributed by atoms with Crippen molar-refractivity contribution in [3.8, 4) is 23.0 Å². The first kappa shape index (κ1) is 22.3. The fourth-order valence-corrected chi connectivity index (χ4v) is 3.04. The van der Waals surface area contributed by atoms with E-state index in [2.05, 4.69) is 0 Å². The monoisotopic (exact) mass is 476 g/mol. The Morgan fingerprint density at radius 1 is 0.333 bits per heavy atom. The number of rotatable bonds is 4. The molecule has 4 aromatic carbocycles. The molecule has 0 radical (unpaired) electrons. The summed E-state index contributed by atoms with van der Waals surface area (Å²) in [5, 5.41) is 2.27. The summed E-state index contributed by atoms with van der Waals surface area (Å²) in [5.74, 6) is 2.42. The van der Waals surface area contributed by atoms with E-state index in [1.165, 1.54) is 0 Å². The van der Waals surface area contributed by atoms with E-state index in [-0.39, 0.29) is 0 Å². The second-order valence-electron chi connectivity index (χ2n) is 5.93. The van der Waals surface area contributed by atoms with E-state index in [4.69, 9.17) is 55.9 Å². The number of para-hydroxylation sites is 4. The molecule has 0 N–H and O–H groups in total. The van der Waals surface area contributed by atoms with Crippen LogP contribution in [0.4, 0.5) is 0 Å². The maximum atomic E-state index is 5.96. The Morgan fingerprint density at radius 3 is 0.733 bits per heavy atom. The third-order valence-electron chi connectivity index (χ3n) is 3.79. The highest BCUT2D eigenvalue weighted by molar-refractivity contribution is 6.33. The molecule has 0 heterocycles. The average Bonchev–Trinajstić information content (AvgIpc) is 2.75. The Bertz CT molecular complexity index is 939. The number of ether oxygens (including phenoxy) is 2. The second kappa shape index (κ2) is 11.1. The van der Waals surface area contributed by atoms with Gasteiger partial charge in [-0.3, -0.25) is 0 Å². The predicted octanol–water partition coefficient (Wildman–Crippen LogP) is 9.57. The van der Waals surface area contributed by atoms with E-state index in [0.717, 1.165) is 0 Å². The molecule has 0 unspecified atom stereocenters. The largest absolute Gasteiger partial charge is 0.454 e. The first-order chi connectivity index (χ1) is 14.5. The fourth-order valence-electron chi connectivity index (χ4n) is 2.35. The summed E-state index contributed by atoms with van der Waals surface area (Å²) in [6.07, 6.45) is 0. The molecule has 30 heavy (non-hydrogen) atoms. The second-order valence-corrected chi connectivity index (χ2v) is 7.55. The minimum Gasteiger partial charge on any atom is -0.454 e. The van der Waals surface area contributed by atoms with Crippen molar-refractivity contribution in [2.24, 2.45) is 0 Å². The van der Waals surface area contributed by atoms with Gasteiger partial charge in [0.05, 0.1) is 20.1 Å². The quantitative estimate of drug-likeness (QED) is 0.291. The minimum absolute atomic E-state index is 0.567. The molecule has 0 amide bonds. The maximum absolute atomic E-state index is 5.96. The Kier molecular flexibility index (Phi) is 8.30. The van der Waals surface area contributed by atoms with E-state index in [1.807, 2.05) is 48.5 Å². The fraction of sp³-hybridized carbons (Fsp3) is 0. The SMILES string of the molecule is Clc1ccccc1Oc1ccccc1Cl.Clc1ccccc1Oc1ccccc1Cl. The highest BCUT2D eigenvalue weighted by Crippen LogP contribution is 2.33. The van der Waals surface area contributed by atoms with Gasteiger partial charge in [0.2, 0.25) is 0 Å². The molecule has 0 fully saturated rings. The van der Waals surface area contributed by atoms with E-state index < -0.39 is 0 Å². The van der Waals surface area contributed by atoms with Crippen molar-refractivity contribution < 1.29 is 9.47 Å².